The van der Waals surface area contributed by atoms with E-state index in [-0.39, 0.29) is 28.7 Å². The minimum atomic E-state index is -4.57. The monoisotopic (exact) mass is 429 g/mol. The van der Waals surface area contributed by atoms with Gasteiger partial charge in [0.1, 0.15) is 11.9 Å². The van der Waals surface area contributed by atoms with Crippen molar-refractivity contribution in [3.05, 3.63) is 76.9 Å². The van der Waals surface area contributed by atoms with Crippen molar-refractivity contribution in [1.29, 1.82) is 0 Å². The molecule has 154 valence electrons. The Morgan fingerprint density at radius 1 is 1.17 bits per heavy atom. The normalized spacial score (nSPS) is 16.5. The van der Waals surface area contributed by atoms with Gasteiger partial charge in [0.25, 0.3) is 5.91 Å². The Morgan fingerprint density at radius 3 is 2.55 bits per heavy atom. The Balaban J connectivity index is 1.66. The molecule has 1 atom stereocenters. The third-order valence-electron chi connectivity index (χ3n) is 4.03. The van der Waals surface area contributed by atoms with Crippen LogP contribution >= 0.6 is 11.6 Å². The van der Waals surface area contributed by atoms with Gasteiger partial charge in [-0.1, -0.05) is 41.9 Å². The van der Waals surface area contributed by atoms with Gasteiger partial charge in [-0.15, -0.1) is 0 Å². The number of hydrogen-bond acceptors (Lipinski definition) is 4. The van der Waals surface area contributed by atoms with Crippen LogP contribution in [-0.4, -0.2) is 24.7 Å². The molecule has 5 nitrogen and oxygen atoms in total. The van der Waals surface area contributed by atoms with Gasteiger partial charge >= 0.3 is 6.18 Å². The summed E-state index contributed by atoms with van der Waals surface area (Å²) in [6.45, 7) is -0.640. The second kappa shape index (κ2) is 8.71. The molecule has 0 aromatic heterocycles. The molecule has 29 heavy (non-hydrogen) atoms. The van der Waals surface area contributed by atoms with Crippen molar-refractivity contribution in [2.75, 3.05) is 11.6 Å². The van der Waals surface area contributed by atoms with Crippen LogP contribution < -0.4 is 15.8 Å². The van der Waals surface area contributed by atoms with Crippen LogP contribution in [0.25, 0.3) is 0 Å². The zero-order valence-corrected chi connectivity index (χ0v) is 15.6. The lowest BCUT2D eigenvalue weighted by Crippen LogP contribution is -2.45. The van der Waals surface area contributed by atoms with E-state index in [4.69, 9.17) is 16.3 Å². The molecule has 2 N–H and O–H groups in total. The number of para-hydroxylation sites is 1. The molecular weight excluding hydrogens is 414 g/mol. The van der Waals surface area contributed by atoms with E-state index >= 15 is 0 Å². The first-order valence-corrected chi connectivity index (χ1v) is 8.86. The number of hydrogen-bond donors (Lipinski definition) is 2. The molecule has 0 saturated carbocycles. The molecule has 1 aliphatic heterocycles. The van der Waals surface area contributed by atoms with Gasteiger partial charge in [0, 0.05) is 18.2 Å². The van der Waals surface area contributed by atoms with Gasteiger partial charge in [-0.05, 0) is 18.2 Å². The fourth-order valence-corrected chi connectivity index (χ4v) is 2.81. The summed E-state index contributed by atoms with van der Waals surface area (Å²) in [6, 6.07) is 10.1. The van der Waals surface area contributed by atoms with Crippen molar-refractivity contribution < 1.29 is 27.1 Å². The van der Waals surface area contributed by atoms with Crippen LogP contribution in [-0.2, 0) is 16.1 Å². The van der Waals surface area contributed by atoms with Crippen LogP contribution in [0.5, 0.6) is 0 Å². The number of ether oxygens (including phenoxy) is 1. The lowest BCUT2D eigenvalue weighted by molar-refractivity contribution is -0.142. The van der Waals surface area contributed by atoms with Gasteiger partial charge in [0.15, 0.2) is 6.61 Å². The van der Waals surface area contributed by atoms with E-state index in [1.165, 1.54) is 30.3 Å². The largest absolute Gasteiger partial charge is 0.468 e. The highest BCUT2D eigenvalue weighted by atomic mass is 35.5. The molecule has 10 heteroatoms. The molecular formula is C19H16ClF4N3O2. The molecule has 1 heterocycles. The molecule has 1 aliphatic rings. The lowest BCUT2D eigenvalue weighted by atomic mass is 10.2. The Kier molecular flexibility index (Phi) is 6.29. The number of benzene rings is 2. The van der Waals surface area contributed by atoms with Gasteiger partial charge < -0.3 is 10.1 Å². The van der Waals surface area contributed by atoms with Crippen molar-refractivity contribution in [3.63, 3.8) is 0 Å². The molecule has 2 aromatic carbocycles. The van der Waals surface area contributed by atoms with E-state index in [1.807, 2.05) is 0 Å². The van der Waals surface area contributed by atoms with E-state index < -0.39 is 30.5 Å². The average molecular weight is 430 g/mol. The summed E-state index contributed by atoms with van der Waals surface area (Å²) >= 11 is 6.07. The van der Waals surface area contributed by atoms with Crippen LogP contribution in [0.3, 0.4) is 0 Å². The van der Waals surface area contributed by atoms with Gasteiger partial charge in [-0.25, -0.2) is 14.8 Å². The summed E-state index contributed by atoms with van der Waals surface area (Å²) in [6.07, 6.45) is -3.76. The first-order valence-electron chi connectivity index (χ1n) is 8.48. The number of anilines is 1. The SMILES string of the molecule is O=C(COC1=CC(C(F)(F)F)NN1c1ccccc1Cl)NCc1ccccc1F. The quantitative estimate of drug-likeness (QED) is 0.684. The highest BCUT2D eigenvalue weighted by Gasteiger charge is 2.44. The summed E-state index contributed by atoms with van der Waals surface area (Å²) in [5.74, 6) is -1.32. The first kappa shape index (κ1) is 20.9. The number of amides is 1. The summed E-state index contributed by atoms with van der Waals surface area (Å²) in [7, 11) is 0. The van der Waals surface area contributed by atoms with Crippen LogP contribution in [0.4, 0.5) is 23.2 Å². The third kappa shape index (κ3) is 5.18. The predicted octanol–water partition coefficient (Wildman–Crippen LogP) is 3.91. The second-order valence-corrected chi connectivity index (χ2v) is 6.50. The summed E-state index contributed by atoms with van der Waals surface area (Å²) in [5, 5.41) is 3.68. The van der Waals surface area contributed by atoms with Gasteiger partial charge in [-0.2, -0.15) is 13.2 Å². The number of alkyl halides is 3. The van der Waals surface area contributed by atoms with Gasteiger partial charge in [-0.3, -0.25) is 4.79 Å². The number of halogens is 5. The van der Waals surface area contributed by atoms with E-state index in [9.17, 15) is 22.4 Å². The molecule has 3 rings (SSSR count). The molecule has 0 bridgehead atoms. The number of nitrogens with zero attached hydrogens (tertiary/aromatic N) is 1. The number of nitrogens with one attached hydrogen (secondary N) is 2. The molecule has 0 fully saturated rings. The van der Waals surface area contributed by atoms with Gasteiger partial charge in [0.05, 0.1) is 10.7 Å². The van der Waals surface area contributed by atoms with E-state index in [1.54, 1.807) is 18.2 Å². The summed E-state index contributed by atoms with van der Waals surface area (Å²) < 4.78 is 58.3. The fourth-order valence-electron chi connectivity index (χ4n) is 2.58. The van der Waals surface area contributed by atoms with Crippen LogP contribution in [0.1, 0.15) is 5.56 Å². The molecule has 0 radical (unpaired) electrons. The van der Waals surface area contributed by atoms with Crippen LogP contribution in [0.2, 0.25) is 5.02 Å². The van der Waals surface area contributed by atoms with E-state index in [2.05, 4.69) is 10.7 Å². The zero-order chi connectivity index (χ0) is 21.0. The average Bonchev–Trinajstić information content (AvgIpc) is 3.10. The van der Waals surface area contributed by atoms with Crippen molar-refractivity contribution in [1.82, 2.24) is 10.7 Å². The number of carbonyl (C=O) groups excluding carboxylic acids is 1. The maximum atomic E-state index is 13.6. The Labute approximate surface area is 168 Å². The highest BCUT2D eigenvalue weighted by Crippen LogP contribution is 2.33. The molecule has 0 spiro atoms. The van der Waals surface area contributed by atoms with Crippen molar-refractivity contribution in [2.24, 2.45) is 0 Å². The third-order valence-corrected chi connectivity index (χ3v) is 4.35. The number of carbonyl (C=O) groups is 1. The van der Waals surface area contributed by atoms with E-state index in [0.717, 1.165) is 11.1 Å². The van der Waals surface area contributed by atoms with Crippen LogP contribution in [0, 0.1) is 5.82 Å². The van der Waals surface area contributed by atoms with Crippen LogP contribution in [0.15, 0.2) is 60.5 Å². The zero-order valence-electron chi connectivity index (χ0n) is 14.8. The standard InChI is InChI=1S/C19H16ClF4N3O2/c20-13-6-2-4-8-15(13)27-18(9-16(26-27)19(22,23)24)29-11-17(28)25-10-12-5-1-3-7-14(12)21/h1-9,16,26H,10-11H2,(H,25,28). The molecule has 1 unspecified atom stereocenters. The Hall–Kier alpha value is -2.78. The molecule has 2 aromatic rings. The minimum absolute atomic E-state index is 0.0778. The molecule has 0 saturated heterocycles. The number of rotatable bonds is 6. The Morgan fingerprint density at radius 2 is 1.86 bits per heavy atom. The van der Waals surface area contributed by atoms with Gasteiger partial charge in [0.2, 0.25) is 5.88 Å². The minimum Gasteiger partial charge on any atom is -0.468 e. The Bertz CT molecular complexity index is 920. The first-order chi connectivity index (χ1) is 13.8. The van der Waals surface area contributed by atoms with E-state index in [0.29, 0.717) is 0 Å². The summed E-state index contributed by atoms with van der Waals surface area (Å²) in [5.41, 5.74) is 2.76. The topological polar surface area (TPSA) is 53.6 Å². The van der Waals surface area contributed by atoms with Crippen molar-refractivity contribution in [3.8, 4) is 0 Å². The molecule has 1 amide bonds. The van der Waals surface area contributed by atoms with Crippen molar-refractivity contribution in [2.45, 2.75) is 18.8 Å². The summed E-state index contributed by atoms with van der Waals surface area (Å²) in [4.78, 5) is 12.0. The maximum absolute atomic E-state index is 13.6. The second-order valence-electron chi connectivity index (χ2n) is 6.10. The fraction of sp³-hybridized carbons (Fsp3) is 0.211. The highest BCUT2D eigenvalue weighted by molar-refractivity contribution is 6.33. The molecule has 0 aliphatic carbocycles. The predicted molar refractivity (Wildman–Crippen MR) is 99.2 cm³/mol. The smallest absolute Gasteiger partial charge is 0.409 e. The van der Waals surface area contributed by atoms with Crippen molar-refractivity contribution >= 4 is 23.2 Å². The maximum Gasteiger partial charge on any atom is 0.409 e. The number of hydrazine groups is 1. The lowest BCUT2D eigenvalue weighted by Gasteiger charge is -2.25.